The molecule has 0 spiro atoms. The van der Waals surface area contributed by atoms with Gasteiger partial charge in [-0.3, -0.25) is 33.7 Å². The van der Waals surface area contributed by atoms with E-state index in [1.807, 2.05) is 135 Å². The first-order valence-electron chi connectivity index (χ1n) is 23.1. The molecular weight excluding hydrogens is 803 g/mol. The van der Waals surface area contributed by atoms with E-state index in [-0.39, 0.29) is 64.2 Å². The molecule has 4 aromatic heterocycles. The van der Waals surface area contributed by atoms with Crippen LogP contribution in [0.3, 0.4) is 0 Å². The van der Waals surface area contributed by atoms with Gasteiger partial charge in [-0.2, -0.15) is 5.10 Å². The third-order valence-corrected chi connectivity index (χ3v) is 10.4. The Bertz CT molecular complexity index is 1930. The van der Waals surface area contributed by atoms with Crippen molar-refractivity contribution in [1.82, 2.24) is 43.9 Å². The summed E-state index contributed by atoms with van der Waals surface area (Å²) < 4.78 is 6.67. The van der Waals surface area contributed by atoms with Gasteiger partial charge >= 0.3 is 0 Å². The van der Waals surface area contributed by atoms with E-state index in [1.165, 1.54) is 10.3 Å². The maximum Gasteiger partial charge on any atom is 0.272 e. The summed E-state index contributed by atoms with van der Waals surface area (Å²) in [5.74, 6) is 1.55. The smallest absolute Gasteiger partial charge is 0.272 e. The number of rotatable bonds is 10. The van der Waals surface area contributed by atoms with Crippen molar-refractivity contribution < 1.29 is 0 Å². The Morgan fingerprint density at radius 1 is 0.516 bits per heavy atom. The lowest BCUT2D eigenvalue weighted by Crippen LogP contribution is -2.35. The molecule has 0 bridgehead atoms. The van der Waals surface area contributed by atoms with Crippen molar-refractivity contribution >= 4 is 0 Å². The van der Waals surface area contributed by atoms with Crippen LogP contribution in [0.1, 0.15) is 209 Å². The van der Waals surface area contributed by atoms with Crippen LogP contribution in [0, 0.1) is 5.92 Å². The highest BCUT2D eigenvalue weighted by molar-refractivity contribution is 5.32. The van der Waals surface area contributed by atoms with Gasteiger partial charge in [0.1, 0.15) is 5.69 Å². The second-order valence-corrected chi connectivity index (χ2v) is 19.1. The Kier molecular flexibility index (Phi) is 23.4. The van der Waals surface area contributed by atoms with Crippen molar-refractivity contribution in [2.45, 2.75) is 192 Å². The molecule has 1 aliphatic heterocycles. The van der Waals surface area contributed by atoms with Crippen LogP contribution in [0.2, 0.25) is 0 Å². The second-order valence-electron chi connectivity index (χ2n) is 19.1. The van der Waals surface area contributed by atoms with E-state index in [0.29, 0.717) is 23.6 Å². The predicted molar refractivity (Wildman–Crippen MR) is 266 cm³/mol. The lowest BCUT2D eigenvalue weighted by Gasteiger charge is -2.25. The van der Waals surface area contributed by atoms with Crippen molar-refractivity contribution in [2.24, 2.45) is 5.92 Å². The fraction of sp³-hybridized carbons (Fsp3) is 0.588. The van der Waals surface area contributed by atoms with Gasteiger partial charge in [-0.15, -0.1) is 0 Å². The van der Waals surface area contributed by atoms with E-state index < -0.39 is 0 Å². The maximum absolute atomic E-state index is 11.8. The molecule has 0 saturated carbocycles. The Labute approximate surface area is 384 Å². The number of nitrogens with one attached hydrogen (secondary N) is 1. The summed E-state index contributed by atoms with van der Waals surface area (Å²) in [5, 5.41) is 6.12. The quantitative estimate of drug-likeness (QED) is 0.165. The predicted octanol–water partition coefficient (Wildman–Crippen LogP) is 10.7. The van der Waals surface area contributed by atoms with Gasteiger partial charge in [-0.1, -0.05) is 81.9 Å². The molecule has 0 unspecified atom stereocenters. The average Bonchev–Trinajstić information content (AvgIpc) is 3.60. The summed E-state index contributed by atoms with van der Waals surface area (Å²) in [6.45, 7) is 44.7. The molecule has 1 N–H and O–H groups in total. The lowest BCUT2D eigenvalue weighted by atomic mass is 10.0. The van der Waals surface area contributed by atoms with Crippen molar-refractivity contribution in [2.75, 3.05) is 0 Å². The lowest BCUT2D eigenvalue weighted by molar-refractivity contribution is 0.253. The zero-order valence-corrected chi connectivity index (χ0v) is 43.0. The molecule has 0 atom stereocenters. The van der Waals surface area contributed by atoms with Crippen LogP contribution in [0.25, 0.3) is 0 Å². The normalized spacial score (nSPS) is 12.4. The minimum absolute atomic E-state index is 0.0347. The van der Waals surface area contributed by atoms with Crippen molar-refractivity contribution in [1.29, 1.82) is 0 Å². The first kappa shape index (κ1) is 56.7. The van der Waals surface area contributed by atoms with Crippen molar-refractivity contribution in [3.63, 3.8) is 0 Å². The summed E-state index contributed by atoms with van der Waals surface area (Å²) in [6.07, 6.45) is 12.3. The molecule has 0 fully saturated rings. The first-order chi connectivity index (χ1) is 29.7. The molecule has 5 heterocycles. The van der Waals surface area contributed by atoms with E-state index >= 15 is 0 Å². The maximum atomic E-state index is 11.8. The number of aromatic nitrogens is 7. The van der Waals surface area contributed by atoms with Crippen LogP contribution in [-0.2, 0) is 0 Å². The van der Waals surface area contributed by atoms with Crippen LogP contribution < -0.4 is 27.7 Å². The molecule has 4 aromatic rings. The number of pyridine rings is 1. The molecule has 0 radical (unpaired) electrons. The van der Waals surface area contributed by atoms with E-state index in [1.54, 1.807) is 50.9 Å². The number of hydrogen-bond donors (Lipinski definition) is 1. The molecule has 13 nitrogen and oxygen atoms in total. The third-order valence-electron chi connectivity index (χ3n) is 10.4. The summed E-state index contributed by atoms with van der Waals surface area (Å²) in [4.78, 5) is 55.2. The van der Waals surface area contributed by atoms with Crippen LogP contribution in [0.5, 0.6) is 0 Å². The van der Waals surface area contributed by atoms with Crippen LogP contribution >= 0.6 is 0 Å². The Morgan fingerprint density at radius 3 is 1.44 bits per heavy atom. The minimum atomic E-state index is 0.0347. The summed E-state index contributed by atoms with van der Waals surface area (Å²) in [5.41, 5.74) is 9.10. The monoisotopic (exact) mass is 886 g/mol. The molecule has 0 amide bonds. The summed E-state index contributed by atoms with van der Waals surface area (Å²) in [6, 6.07) is 6.86. The summed E-state index contributed by atoms with van der Waals surface area (Å²) in [7, 11) is 0. The number of hydrogen-bond acceptors (Lipinski definition) is 9. The van der Waals surface area contributed by atoms with E-state index in [0.717, 1.165) is 22.4 Å². The number of nitrogens with zero attached hydrogens (tertiary/aromatic N) is 8. The fourth-order valence-corrected chi connectivity index (χ4v) is 6.47. The molecule has 0 saturated heterocycles. The molecule has 13 heteroatoms. The zero-order valence-electron chi connectivity index (χ0n) is 43.0. The minimum Gasteiger partial charge on any atom is -0.313 e. The molecule has 356 valence electrons. The Morgan fingerprint density at radius 2 is 1.02 bits per heavy atom. The standard InChI is InChI=1S/C11H17NO.3C10H16N2O.C10H18N2/c1-8(2)10-6-5-7-12(9(3)4)11(10)13;1-7(2)9-5-11-6-12(8(3)4)10(9)13;1-7(2)9-10(13)12(8(3)4)6-5-11-9;1-7(2)9-5-6-11-12(8(3)4)10(9)13;1-7(2)10-6-11-12(8(3)4)9(10)5/h5-9H,1-4H3;3*5-8H,1-4H3;6-8,11H,5H2,1-4H3. The van der Waals surface area contributed by atoms with Gasteiger partial charge in [-0.25, -0.2) is 9.67 Å². The third kappa shape index (κ3) is 16.3. The fourth-order valence-electron chi connectivity index (χ4n) is 6.47. The van der Waals surface area contributed by atoms with Gasteiger partial charge in [0.2, 0.25) is 0 Å². The molecule has 1 aliphatic rings. The largest absolute Gasteiger partial charge is 0.313 e. The van der Waals surface area contributed by atoms with E-state index in [9.17, 15) is 19.2 Å². The SMILES string of the molecule is C=C1C(C(C)C)=CNN1C(C)C.CC(C)c1cccn(C(C)C)c1=O.CC(C)c1ccnn(C(C)C)c1=O.CC(C)c1cncn(C(C)C)c1=O.CC(C)c1nccn(C(C)C)c1=O. The zero-order chi connectivity index (χ0) is 49.3. The highest BCUT2D eigenvalue weighted by Crippen LogP contribution is 2.25. The molecule has 5 rings (SSSR count). The van der Waals surface area contributed by atoms with Crippen molar-refractivity contribution in [3.05, 3.63) is 143 Å². The summed E-state index contributed by atoms with van der Waals surface area (Å²) >= 11 is 0. The topological polar surface area (TPSA) is 142 Å². The molecule has 0 aliphatic carbocycles. The molecule has 64 heavy (non-hydrogen) atoms. The molecular formula is C51H83N9O4. The van der Waals surface area contributed by atoms with Gasteiger partial charge in [0, 0.05) is 84.0 Å². The van der Waals surface area contributed by atoms with Gasteiger partial charge in [-0.05, 0) is 111 Å². The van der Waals surface area contributed by atoms with Crippen LogP contribution in [0.15, 0.2) is 98.7 Å². The van der Waals surface area contributed by atoms with Gasteiger partial charge in [0.05, 0.1) is 18.1 Å². The van der Waals surface area contributed by atoms with Gasteiger partial charge < -0.3 is 14.6 Å². The Balaban J connectivity index is 0.000000400. The van der Waals surface area contributed by atoms with Gasteiger partial charge in [0.25, 0.3) is 22.2 Å². The van der Waals surface area contributed by atoms with E-state index in [4.69, 9.17) is 0 Å². The average molecular weight is 886 g/mol. The molecule has 0 aromatic carbocycles. The second kappa shape index (κ2) is 26.5. The van der Waals surface area contributed by atoms with Gasteiger partial charge in [0.15, 0.2) is 0 Å². The first-order valence-corrected chi connectivity index (χ1v) is 23.1. The Hall–Kier alpha value is -5.33. The highest BCUT2D eigenvalue weighted by atomic mass is 16.1. The highest BCUT2D eigenvalue weighted by Gasteiger charge is 2.21. The van der Waals surface area contributed by atoms with Crippen LogP contribution in [0.4, 0.5) is 0 Å². The van der Waals surface area contributed by atoms with Crippen molar-refractivity contribution in [3.8, 4) is 0 Å². The number of hydrazine groups is 1. The number of allylic oxidation sites excluding steroid dienone is 1. The van der Waals surface area contributed by atoms with E-state index in [2.05, 4.69) is 59.8 Å². The van der Waals surface area contributed by atoms with Crippen LogP contribution in [-0.4, -0.2) is 44.5 Å².